The molecule has 0 amide bonds. The van der Waals surface area contributed by atoms with E-state index >= 15 is 0 Å². The first-order valence-electron chi connectivity index (χ1n) is 8.57. The SMILES string of the molecule is CCNC(=NCC1(c2cccc(Cl)c2)CC1)NCCCNS(C)(=O)=O.I. The molecule has 2 rings (SSSR count). The molecule has 0 radical (unpaired) electrons. The Morgan fingerprint density at radius 2 is 2.00 bits per heavy atom. The van der Waals surface area contributed by atoms with Gasteiger partial charge in [-0.2, -0.15) is 0 Å². The summed E-state index contributed by atoms with van der Waals surface area (Å²) in [5.41, 5.74) is 1.35. The Balaban J connectivity index is 0.00000338. The molecule has 1 saturated carbocycles. The van der Waals surface area contributed by atoms with E-state index in [1.807, 2.05) is 25.1 Å². The zero-order valence-electron chi connectivity index (χ0n) is 15.2. The lowest BCUT2D eigenvalue weighted by atomic mass is 9.96. The largest absolute Gasteiger partial charge is 0.357 e. The number of hydrogen-bond acceptors (Lipinski definition) is 3. The number of halogens is 2. The molecule has 6 nitrogen and oxygen atoms in total. The third-order valence-electron chi connectivity index (χ3n) is 4.18. The summed E-state index contributed by atoms with van der Waals surface area (Å²) in [6, 6.07) is 8.02. The molecule has 0 unspecified atom stereocenters. The molecule has 26 heavy (non-hydrogen) atoms. The Hall–Kier alpha value is -0.580. The maximum Gasteiger partial charge on any atom is 0.208 e. The average Bonchev–Trinajstić information content (AvgIpc) is 3.32. The Kier molecular flexibility index (Phi) is 9.63. The molecule has 1 aliphatic carbocycles. The summed E-state index contributed by atoms with van der Waals surface area (Å²) >= 11 is 6.11. The van der Waals surface area contributed by atoms with E-state index in [1.54, 1.807) is 0 Å². The second-order valence-corrected chi connectivity index (χ2v) is 8.70. The van der Waals surface area contributed by atoms with Crippen LogP contribution < -0.4 is 15.4 Å². The van der Waals surface area contributed by atoms with Gasteiger partial charge in [0.05, 0.1) is 12.8 Å². The predicted octanol–water partition coefficient (Wildman–Crippen LogP) is 2.48. The molecule has 1 aliphatic rings. The van der Waals surface area contributed by atoms with Crippen LogP contribution in [0.5, 0.6) is 0 Å². The van der Waals surface area contributed by atoms with Gasteiger partial charge in [-0.25, -0.2) is 13.1 Å². The van der Waals surface area contributed by atoms with Gasteiger partial charge in [0.1, 0.15) is 0 Å². The number of benzene rings is 1. The van der Waals surface area contributed by atoms with Gasteiger partial charge in [-0.1, -0.05) is 23.7 Å². The number of hydrogen-bond donors (Lipinski definition) is 3. The topological polar surface area (TPSA) is 82.6 Å². The first kappa shape index (κ1) is 23.5. The van der Waals surface area contributed by atoms with Crippen molar-refractivity contribution in [1.82, 2.24) is 15.4 Å². The molecule has 0 aromatic heterocycles. The standard InChI is InChI=1S/C17H27ClN4O2S.HI/c1-3-19-16(20-10-5-11-22-25(2,23)24)21-13-17(8-9-17)14-6-4-7-15(18)12-14;/h4,6-7,12,22H,3,5,8-11,13H2,1-2H3,(H2,19,20,21);1H. The minimum Gasteiger partial charge on any atom is -0.357 e. The van der Waals surface area contributed by atoms with Crippen LogP contribution in [0, 0.1) is 0 Å². The van der Waals surface area contributed by atoms with Gasteiger partial charge in [0.25, 0.3) is 0 Å². The van der Waals surface area contributed by atoms with Gasteiger partial charge in [0, 0.05) is 30.1 Å². The summed E-state index contributed by atoms with van der Waals surface area (Å²) < 4.78 is 24.5. The van der Waals surface area contributed by atoms with E-state index in [-0.39, 0.29) is 29.4 Å². The minimum atomic E-state index is -3.12. The zero-order valence-corrected chi connectivity index (χ0v) is 19.1. The van der Waals surface area contributed by atoms with Crippen molar-refractivity contribution < 1.29 is 8.42 Å². The summed E-state index contributed by atoms with van der Waals surface area (Å²) in [4.78, 5) is 4.71. The predicted molar refractivity (Wildman–Crippen MR) is 119 cm³/mol. The minimum absolute atomic E-state index is 0. The first-order valence-corrected chi connectivity index (χ1v) is 10.8. The van der Waals surface area contributed by atoms with E-state index in [1.165, 1.54) is 5.56 Å². The second kappa shape index (κ2) is 10.7. The molecule has 0 spiro atoms. The molecular formula is C17H28ClIN4O2S. The van der Waals surface area contributed by atoms with Crippen molar-refractivity contribution in [3.63, 3.8) is 0 Å². The molecule has 3 N–H and O–H groups in total. The number of sulfonamides is 1. The molecule has 0 bridgehead atoms. The smallest absolute Gasteiger partial charge is 0.208 e. The van der Waals surface area contributed by atoms with Crippen LogP contribution in [0.3, 0.4) is 0 Å². The monoisotopic (exact) mass is 514 g/mol. The van der Waals surface area contributed by atoms with Crippen molar-refractivity contribution in [3.8, 4) is 0 Å². The van der Waals surface area contributed by atoms with Gasteiger partial charge in [0.15, 0.2) is 5.96 Å². The van der Waals surface area contributed by atoms with Crippen LogP contribution >= 0.6 is 35.6 Å². The highest BCUT2D eigenvalue weighted by Crippen LogP contribution is 2.48. The molecule has 0 aliphatic heterocycles. The van der Waals surface area contributed by atoms with E-state index in [0.29, 0.717) is 26.1 Å². The van der Waals surface area contributed by atoms with Gasteiger partial charge in [-0.05, 0) is 43.9 Å². The van der Waals surface area contributed by atoms with Crippen molar-refractivity contribution in [2.45, 2.75) is 31.6 Å². The Labute approximate surface area is 178 Å². The zero-order chi connectivity index (χ0) is 18.3. The van der Waals surface area contributed by atoms with Crippen LogP contribution in [-0.4, -0.2) is 46.8 Å². The fraction of sp³-hybridized carbons (Fsp3) is 0.588. The lowest BCUT2D eigenvalue weighted by Gasteiger charge is -2.16. The fourth-order valence-electron chi connectivity index (χ4n) is 2.63. The van der Waals surface area contributed by atoms with Gasteiger partial charge in [0.2, 0.25) is 10.0 Å². The quantitative estimate of drug-likeness (QED) is 0.205. The summed E-state index contributed by atoms with van der Waals surface area (Å²) in [7, 11) is -3.12. The normalized spacial score (nSPS) is 15.9. The van der Waals surface area contributed by atoms with Crippen molar-refractivity contribution in [1.29, 1.82) is 0 Å². The molecule has 1 fully saturated rings. The van der Waals surface area contributed by atoms with Gasteiger partial charge < -0.3 is 10.6 Å². The second-order valence-electron chi connectivity index (χ2n) is 6.43. The number of guanidine groups is 1. The highest BCUT2D eigenvalue weighted by Gasteiger charge is 2.44. The molecule has 0 saturated heterocycles. The van der Waals surface area contributed by atoms with E-state index in [0.717, 1.165) is 36.6 Å². The van der Waals surface area contributed by atoms with E-state index < -0.39 is 10.0 Å². The fourth-order valence-corrected chi connectivity index (χ4v) is 3.34. The Morgan fingerprint density at radius 1 is 1.27 bits per heavy atom. The van der Waals surface area contributed by atoms with E-state index in [2.05, 4.69) is 21.4 Å². The van der Waals surface area contributed by atoms with Gasteiger partial charge in [-0.15, -0.1) is 24.0 Å². The summed E-state index contributed by atoms with van der Waals surface area (Å²) in [5.74, 6) is 0.759. The molecule has 1 aromatic carbocycles. The lowest BCUT2D eigenvalue weighted by Crippen LogP contribution is -2.39. The van der Waals surface area contributed by atoms with Crippen LogP contribution in [0.25, 0.3) is 0 Å². The highest BCUT2D eigenvalue weighted by atomic mass is 127. The summed E-state index contributed by atoms with van der Waals surface area (Å²) in [6.07, 6.45) is 4.09. The maximum absolute atomic E-state index is 11.0. The van der Waals surface area contributed by atoms with Crippen LogP contribution in [0.4, 0.5) is 0 Å². The number of nitrogens with zero attached hydrogens (tertiary/aromatic N) is 1. The Bertz CT molecular complexity index is 708. The first-order chi connectivity index (χ1) is 11.8. The van der Waals surface area contributed by atoms with Crippen molar-refractivity contribution in [2.24, 2.45) is 4.99 Å². The molecule has 148 valence electrons. The average molecular weight is 515 g/mol. The van der Waals surface area contributed by atoms with Crippen molar-refractivity contribution in [3.05, 3.63) is 34.9 Å². The van der Waals surface area contributed by atoms with Crippen LogP contribution in [0.15, 0.2) is 29.3 Å². The maximum atomic E-state index is 11.0. The van der Waals surface area contributed by atoms with Gasteiger partial charge in [-0.3, -0.25) is 4.99 Å². The van der Waals surface area contributed by atoms with E-state index in [9.17, 15) is 8.42 Å². The molecule has 0 atom stereocenters. The molecule has 0 heterocycles. The summed E-state index contributed by atoms with van der Waals surface area (Å²) in [5, 5.41) is 7.24. The van der Waals surface area contributed by atoms with Crippen LogP contribution in [0.1, 0.15) is 31.7 Å². The van der Waals surface area contributed by atoms with Gasteiger partial charge >= 0.3 is 0 Å². The lowest BCUT2D eigenvalue weighted by molar-refractivity contribution is 0.584. The van der Waals surface area contributed by atoms with Crippen LogP contribution in [-0.2, 0) is 15.4 Å². The highest BCUT2D eigenvalue weighted by molar-refractivity contribution is 14.0. The summed E-state index contributed by atoms with van der Waals surface area (Å²) in [6.45, 7) is 4.57. The number of rotatable bonds is 9. The van der Waals surface area contributed by atoms with E-state index in [4.69, 9.17) is 16.6 Å². The molecular weight excluding hydrogens is 487 g/mol. The van der Waals surface area contributed by atoms with Crippen molar-refractivity contribution >= 4 is 51.6 Å². The third-order valence-corrected chi connectivity index (χ3v) is 5.15. The van der Waals surface area contributed by atoms with Crippen LogP contribution in [0.2, 0.25) is 5.02 Å². The molecule has 9 heteroatoms. The third kappa shape index (κ3) is 7.98. The number of nitrogens with one attached hydrogen (secondary N) is 3. The Morgan fingerprint density at radius 3 is 2.58 bits per heavy atom. The number of aliphatic imine (C=N–C) groups is 1. The molecule has 1 aromatic rings. The van der Waals surface area contributed by atoms with Crippen molar-refractivity contribution in [2.75, 3.05) is 32.4 Å².